The fraction of sp³-hybridized carbons (Fsp3) is 0.714. The highest BCUT2D eigenvalue weighted by Gasteiger charge is 2.15. The predicted octanol–water partition coefficient (Wildman–Crippen LogP) is 1.87. The molecular weight excluding hydrogens is 306 g/mol. The molecule has 1 aromatic rings. The Morgan fingerprint density at radius 3 is 2.67 bits per heavy atom. The van der Waals surface area contributed by atoms with E-state index < -0.39 is 10.0 Å². The minimum absolute atomic E-state index is 0.406. The summed E-state index contributed by atoms with van der Waals surface area (Å²) in [5, 5.41) is 5.18. The Balaban J connectivity index is 2.39. The zero-order valence-corrected chi connectivity index (χ0v) is 14.8. The first-order valence-corrected chi connectivity index (χ1v) is 9.74. The summed E-state index contributed by atoms with van der Waals surface area (Å²) >= 11 is 1.28. The Morgan fingerprint density at radius 2 is 2.00 bits per heavy atom. The summed E-state index contributed by atoms with van der Waals surface area (Å²) in [6.45, 7) is 5.26. The first kappa shape index (κ1) is 18.6. The molecule has 5 nitrogen and oxygen atoms in total. The van der Waals surface area contributed by atoms with Crippen molar-refractivity contribution < 1.29 is 8.42 Å². The van der Waals surface area contributed by atoms with Crippen molar-refractivity contribution in [1.29, 1.82) is 0 Å². The first-order chi connectivity index (χ1) is 9.95. The summed E-state index contributed by atoms with van der Waals surface area (Å²) in [5.74, 6) is 0. The third kappa shape index (κ3) is 7.37. The number of hydrogen-bond donors (Lipinski definition) is 2. The van der Waals surface area contributed by atoms with Crippen LogP contribution in [-0.4, -0.2) is 47.0 Å². The van der Waals surface area contributed by atoms with Gasteiger partial charge in [-0.25, -0.2) is 13.1 Å². The Labute approximate surface area is 132 Å². The molecule has 0 unspecified atom stereocenters. The minimum atomic E-state index is -3.34. The van der Waals surface area contributed by atoms with E-state index in [-0.39, 0.29) is 0 Å². The second-order valence-electron chi connectivity index (χ2n) is 5.36. The number of unbranched alkanes of at least 4 members (excludes halogenated alkanes) is 1. The van der Waals surface area contributed by atoms with Crippen molar-refractivity contribution in [2.45, 2.75) is 36.9 Å². The monoisotopic (exact) mass is 333 g/mol. The molecule has 0 aliphatic rings. The maximum absolute atomic E-state index is 12.1. The van der Waals surface area contributed by atoms with Crippen LogP contribution >= 0.6 is 11.3 Å². The van der Waals surface area contributed by atoms with Crippen LogP contribution in [0.5, 0.6) is 0 Å². The van der Waals surface area contributed by atoms with E-state index in [0.717, 1.165) is 44.5 Å². The maximum Gasteiger partial charge on any atom is 0.250 e. The molecule has 0 aliphatic carbocycles. The highest BCUT2D eigenvalue weighted by atomic mass is 32.2. The van der Waals surface area contributed by atoms with Gasteiger partial charge in [0.2, 0.25) is 10.0 Å². The van der Waals surface area contributed by atoms with Crippen LogP contribution in [0.2, 0.25) is 0 Å². The van der Waals surface area contributed by atoms with Crippen molar-refractivity contribution in [3.63, 3.8) is 0 Å². The zero-order valence-electron chi connectivity index (χ0n) is 13.2. The van der Waals surface area contributed by atoms with Gasteiger partial charge in [0.15, 0.2) is 0 Å². The second-order valence-corrected chi connectivity index (χ2v) is 8.26. The number of sulfonamides is 1. The summed E-state index contributed by atoms with van der Waals surface area (Å²) in [4.78, 5) is 2.10. The molecule has 1 aromatic heterocycles. The van der Waals surface area contributed by atoms with Crippen LogP contribution in [0.4, 0.5) is 0 Å². The largest absolute Gasteiger partial charge is 0.313 e. The third-order valence-electron chi connectivity index (χ3n) is 2.97. The molecule has 2 N–H and O–H groups in total. The van der Waals surface area contributed by atoms with Crippen LogP contribution in [0.15, 0.2) is 15.7 Å². The van der Waals surface area contributed by atoms with Crippen molar-refractivity contribution in [2.75, 3.05) is 33.7 Å². The predicted molar refractivity (Wildman–Crippen MR) is 89.3 cm³/mol. The Bertz CT molecular complexity index is 498. The van der Waals surface area contributed by atoms with E-state index in [1.54, 1.807) is 6.07 Å². The molecule has 21 heavy (non-hydrogen) atoms. The molecule has 0 fully saturated rings. The van der Waals surface area contributed by atoms with E-state index in [1.807, 2.05) is 19.5 Å². The van der Waals surface area contributed by atoms with Crippen LogP contribution in [0, 0.1) is 0 Å². The summed E-state index contributed by atoms with van der Waals surface area (Å²) in [7, 11) is 0.692. The van der Waals surface area contributed by atoms with Gasteiger partial charge in [-0.15, -0.1) is 11.3 Å². The van der Waals surface area contributed by atoms with Crippen LogP contribution in [0.25, 0.3) is 0 Å². The van der Waals surface area contributed by atoms with Gasteiger partial charge in [-0.05, 0) is 63.5 Å². The summed E-state index contributed by atoms with van der Waals surface area (Å²) < 4.78 is 27.4. The maximum atomic E-state index is 12.1. The average molecular weight is 334 g/mol. The topological polar surface area (TPSA) is 61.4 Å². The Morgan fingerprint density at radius 1 is 1.24 bits per heavy atom. The minimum Gasteiger partial charge on any atom is -0.313 e. The molecule has 122 valence electrons. The fourth-order valence-corrected chi connectivity index (χ4v) is 4.15. The molecule has 0 atom stereocenters. The van der Waals surface area contributed by atoms with Gasteiger partial charge in [0.25, 0.3) is 0 Å². The van der Waals surface area contributed by atoms with E-state index in [9.17, 15) is 8.42 Å². The fourth-order valence-electron chi connectivity index (χ4n) is 1.83. The van der Waals surface area contributed by atoms with Gasteiger partial charge in [-0.1, -0.05) is 6.92 Å². The van der Waals surface area contributed by atoms with Crippen LogP contribution in [-0.2, 0) is 16.6 Å². The lowest BCUT2D eigenvalue weighted by atomic mass is 10.3. The zero-order chi connectivity index (χ0) is 15.7. The molecule has 0 saturated heterocycles. The van der Waals surface area contributed by atoms with Crippen LogP contribution < -0.4 is 10.0 Å². The van der Waals surface area contributed by atoms with Crippen molar-refractivity contribution in [3.8, 4) is 0 Å². The second kappa shape index (κ2) is 9.53. The van der Waals surface area contributed by atoms with Gasteiger partial charge >= 0.3 is 0 Å². The lowest BCUT2D eigenvalue weighted by molar-refractivity contribution is 0.394. The molecule has 7 heteroatoms. The quantitative estimate of drug-likeness (QED) is 0.607. The number of hydrogen-bond acceptors (Lipinski definition) is 5. The van der Waals surface area contributed by atoms with Crippen LogP contribution in [0.1, 0.15) is 31.7 Å². The normalized spacial score (nSPS) is 12.2. The third-order valence-corrected chi connectivity index (χ3v) is 5.92. The summed E-state index contributed by atoms with van der Waals surface area (Å²) in [6, 6.07) is 1.76. The number of nitrogens with one attached hydrogen (secondary N) is 2. The van der Waals surface area contributed by atoms with Gasteiger partial charge in [-0.2, -0.15) is 0 Å². The van der Waals surface area contributed by atoms with E-state index in [0.29, 0.717) is 10.8 Å². The number of thiophene rings is 1. The van der Waals surface area contributed by atoms with Crippen molar-refractivity contribution in [1.82, 2.24) is 14.9 Å². The van der Waals surface area contributed by atoms with Gasteiger partial charge in [0.1, 0.15) is 4.21 Å². The summed E-state index contributed by atoms with van der Waals surface area (Å²) in [6.07, 6.45) is 2.92. The molecule has 0 aliphatic heterocycles. The molecular formula is C14H27N3O2S2. The molecule has 0 radical (unpaired) electrons. The summed E-state index contributed by atoms with van der Waals surface area (Å²) in [5.41, 5.74) is 1.03. The Kier molecular flexibility index (Phi) is 8.43. The molecule has 0 saturated carbocycles. The van der Waals surface area contributed by atoms with E-state index in [1.165, 1.54) is 11.3 Å². The Hall–Kier alpha value is -0.470. The van der Waals surface area contributed by atoms with E-state index in [4.69, 9.17) is 0 Å². The highest BCUT2D eigenvalue weighted by Crippen LogP contribution is 2.20. The number of rotatable bonds is 11. The average Bonchev–Trinajstić information content (AvgIpc) is 2.88. The van der Waals surface area contributed by atoms with Crippen molar-refractivity contribution in [2.24, 2.45) is 0 Å². The lowest BCUT2D eigenvalue weighted by Gasteiger charge is -2.09. The standard InChI is InChI=1S/C14H27N3O2S2/c1-4-7-15-11-13-10-14(20-12-13)21(18,19)16-8-5-6-9-17(2)3/h10,12,15-16H,4-9,11H2,1-3H3. The van der Waals surface area contributed by atoms with E-state index in [2.05, 4.69) is 21.9 Å². The SMILES string of the molecule is CCCNCc1csc(S(=O)(=O)NCCCCN(C)C)c1. The molecule has 0 spiro atoms. The highest BCUT2D eigenvalue weighted by molar-refractivity contribution is 7.91. The molecule has 0 aromatic carbocycles. The molecule has 1 heterocycles. The smallest absolute Gasteiger partial charge is 0.250 e. The van der Waals surface area contributed by atoms with Gasteiger partial charge < -0.3 is 10.2 Å². The van der Waals surface area contributed by atoms with E-state index >= 15 is 0 Å². The lowest BCUT2D eigenvalue weighted by Crippen LogP contribution is -2.25. The van der Waals surface area contributed by atoms with Crippen molar-refractivity contribution in [3.05, 3.63) is 17.0 Å². The van der Waals surface area contributed by atoms with Gasteiger partial charge in [0, 0.05) is 13.1 Å². The molecule has 0 bridgehead atoms. The van der Waals surface area contributed by atoms with Gasteiger partial charge in [-0.3, -0.25) is 0 Å². The van der Waals surface area contributed by atoms with Crippen molar-refractivity contribution >= 4 is 21.4 Å². The van der Waals surface area contributed by atoms with Gasteiger partial charge in [0.05, 0.1) is 0 Å². The number of nitrogens with zero attached hydrogens (tertiary/aromatic N) is 1. The first-order valence-electron chi connectivity index (χ1n) is 7.38. The van der Waals surface area contributed by atoms with Crippen LogP contribution in [0.3, 0.4) is 0 Å². The molecule has 0 amide bonds. The molecule has 1 rings (SSSR count).